The minimum atomic E-state index is -0.506. The van der Waals surface area contributed by atoms with Crippen LogP contribution in [0.5, 0.6) is 0 Å². The van der Waals surface area contributed by atoms with Crippen LogP contribution in [-0.4, -0.2) is 17.6 Å². The first-order valence-corrected chi connectivity index (χ1v) is 6.80. The molecule has 5 heteroatoms. The number of amides is 1. The van der Waals surface area contributed by atoms with Gasteiger partial charge in [0.25, 0.3) is 0 Å². The number of hydrogen-bond donors (Lipinski definition) is 2. The van der Waals surface area contributed by atoms with E-state index in [2.05, 4.69) is 22.1 Å². The van der Waals surface area contributed by atoms with Crippen LogP contribution in [0.3, 0.4) is 0 Å². The van der Waals surface area contributed by atoms with Gasteiger partial charge in [0.05, 0.1) is 12.1 Å². The monoisotopic (exact) mass is 295 g/mol. The number of alkyl carbamates (subject to hydrolysis) is 1. The lowest BCUT2D eigenvalue weighted by Crippen LogP contribution is -2.24. The van der Waals surface area contributed by atoms with E-state index in [-0.39, 0.29) is 13.2 Å². The molecule has 1 aromatic heterocycles. The number of nitrogens with one attached hydrogen (secondary N) is 1. The van der Waals surface area contributed by atoms with Crippen LogP contribution in [0.4, 0.5) is 10.6 Å². The number of anilines is 1. The van der Waals surface area contributed by atoms with Gasteiger partial charge in [0.15, 0.2) is 0 Å². The first-order valence-electron chi connectivity index (χ1n) is 6.80. The predicted molar refractivity (Wildman–Crippen MR) is 84.9 cm³/mol. The number of pyridine rings is 1. The molecule has 0 saturated carbocycles. The molecule has 0 atom stereocenters. The van der Waals surface area contributed by atoms with E-state index < -0.39 is 6.09 Å². The molecule has 0 spiro atoms. The SMILES string of the molecule is Cc1cnc(N)c(C#CCNC(=O)OCc2ccccc2)c1. The molecule has 5 nitrogen and oxygen atoms in total. The van der Waals surface area contributed by atoms with Crippen molar-refractivity contribution in [2.75, 3.05) is 12.3 Å². The van der Waals surface area contributed by atoms with E-state index in [1.165, 1.54) is 0 Å². The number of hydrogen-bond acceptors (Lipinski definition) is 4. The summed E-state index contributed by atoms with van der Waals surface area (Å²) in [6.45, 7) is 2.33. The Hall–Kier alpha value is -3.00. The minimum absolute atomic E-state index is 0.182. The van der Waals surface area contributed by atoms with Crippen LogP contribution in [0, 0.1) is 18.8 Å². The number of nitrogens with zero attached hydrogens (tertiary/aromatic N) is 1. The van der Waals surface area contributed by atoms with E-state index in [9.17, 15) is 4.79 Å². The second-order valence-electron chi connectivity index (χ2n) is 4.66. The number of nitrogen functional groups attached to an aromatic ring is 1. The van der Waals surface area contributed by atoms with E-state index in [0.717, 1.165) is 11.1 Å². The normalized spacial score (nSPS) is 9.50. The molecule has 1 amide bonds. The number of nitrogens with two attached hydrogens (primary N) is 1. The molecule has 0 aliphatic carbocycles. The van der Waals surface area contributed by atoms with Crippen molar-refractivity contribution in [1.29, 1.82) is 0 Å². The Morgan fingerprint density at radius 1 is 1.36 bits per heavy atom. The summed E-state index contributed by atoms with van der Waals surface area (Å²) in [5, 5.41) is 2.56. The molecule has 0 saturated heterocycles. The lowest BCUT2D eigenvalue weighted by Gasteiger charge is -2.04. The van der Waals surface area contributed by atoms with Crippen molar-refractivity contribution in [3.05, 3.63) is 59.3 Å². The first-order chi connectivity index (χ1) is 10.6. The standard InChI is InChI=1S/C17H17N3O2/c1-13-10-15(16(18)20-11-13)8-5-9-19-17(21)22-12-14-6-3-2-4-7-14/h2-4,6-7,10-11H,9,12H2,1H3,(H2,18,20)(H,19,21). The van der Waals surface area contributed by atoms with Crippen molar-refractivity contribution < 1.29 is 9.53 Å². The Morgan fingerprint density at radius 2 is 2.14 bits per heavy atom. The third-order valence-electron chi connectivity index (χ3n) is 2.81. The van der Waals surface area contributed by atoms with Gasteiger partial charge in [-0.1, -0.05) is 42.2 Å². The molecule has 2 aromatic rings. The van der Waals surface area contributed by atoms with Gasteiger partial charge in [-0.25, -0.2) is 9.78 Å². The number of rotatable bonds is 3. The van der Waals surface area contributed by atoms with Gasteiger partial charge in [-0.05, 0) is 24.1 Å². The highest BCUT2D eigenvalue weighted by molar-refractivity contribution is 5.67. The van der Waals surface area contributed by atoms with Gasteiger partial charge in [-0.2, -0.15) is 0 Å². The third-order valence-corrected chi connectivity index (χ3v) is 2.81. The fraction of sp³-hybridized carbons (Fsp3) is 0.176. The number of carbonyl (C=O) groups is 1. The van der Waals surface area contributed by atoms with Crippen molar-refractivity contribution >= 4 is 11.9 Å². The zero-order chi connectivity index (χ0) is 15.8. The van der Waals surface area contributed by atoms with Gasteiger partial charge in [-0.3, -0.25) is 0 Å². The Labute approximate surface area is 129 Å². The highest BCUT2D eigenvalue weighted by atomic mass is 16.5. The number of benzene rings is 1. The minimum Gasteiger partial charge on any atom is -0.445 e. The van der Waals surface area contributed by atoms with E-state index in [4.69, 9.17) is 10.5 Å². The lowest BCUT2D eigenvalue weighted by molar-refractivity contribution is 0.141. The molecule has 0 aliphatic heterocycles. The summed E-state index contributed by atoms with van der Waals surface area (Å²) < 4.78 is 5.07. The summed E-state index contributed by atoms with van der Waals surface area (Å²) in [5.74, 6) is 6.07. The Morgan fingerprint density at radius 3 is 2.91 bits per heavy atom. The molecule has 112 valence electrons. The van der Waals surface area contributed by atoms with E-state index in [0.29, 0.717) is 11.4 Å². The van der Waals surface area contributed by atoms with Crippen LogP contribution in [0.15, 0.2) is 42.6 Å². The van der Waals surface area contributed by atoms with Crippen LogP contribution in [-0.2, 0) is 11.3 Å². The third kappa shape index (κ3) is 4.84. The maximum absolute atomic E-state index is 11.5. The molecule has 22 heavy (non-hydrogen) atoms. The number of ether oxygens (including phenoxy) is 1. The van der Waals surface area contributed by atoms with Gasteiger partial charge >= 0.3 is 6.09 Å². The summed E-state index contributed by atoms with van der Waals surface area (Å²) in [4.78, 5) is 15.5. The van der Waals surface area contributed by atoms with Crippen molar-refractivity contribution in [1.82, 2.24) is 10.3 Å². The van der Waals surface area contributed by atoms with Crippen LogP contribution in [0.2, 0.25) is 0 Å². The Bertz CT molecular complexity index is 703. The van der Waals surface area contributed by atoms with Gasteiger partial charge in [0, 0.05) is 6.20 Å². The second kappa shape index (κ2) is 7.70. The fourth-order valence-electron chi connectivity index (χ4n) is 1.71. The van der Waals surface area contributed by atoms with Gasteiger partial charge in [-0.15, -0.1) is 0 Å². The molecule has 0 unspecified atom stereocenters. The summed E-state index contributed by atoms with van der Waals surface area (Å²) in [6.07, 6.45) is 1.17. The highest BCUT2D eigenvalue weighted by Gasteiger charge is 2.00. The van der Waals surface area contributed by atoms with Gasteiger partial charge in [0.2, 0.25) is 0 Å². The molecule has 0 aliphatic rings. The quantitative estimate of drug-likeness (QED) is 0.851. The summed E-state index contributed by atoms with van der Waals surface area (Å²) in [5.41, 5.74) is 8.28. The first kappa shape index (κ1) is 15.4. The second-order valence-corrected chi connectivity index (χ2v) is 4.66. The van der Waals surface area contributed by atoms with Crippen molar-refractivity contribution in [3.63, 3.8) is 0 Å². The van der Waals surface area contributed by atoms with Gasteiger partial charge in [0.1, 0.15) is 12.4 Å². The zero-order valence-electron chi connectivity index (χ0n) is 12.3. The predicted octanol–water partition coefficient (Wildman–Crippen LogP) is 2.25. The Balaban J connectivity index is 1.78. The fourth-order valence-corrected chi connectivity index (χ4v) is 1.71. The molecule has 2 rings (SSSR count). The maximum atomic E-state index is 11.5. The lowest BCUT2D eigenvalue weighted by atomic mass is 10.2. The average Bonchev–Trinajstić information content (AvgIpc) is 2.53. The smallest absolute Gasteiger partial charge is 0.408 e. The number of aromatic nitrogens is 1. The molecule has 1 aromatic carbocycles. The molecular formula is C17H17N3O2. The van der Waals surface area contributed by atoms with Crippen LogP contribution in [0.25, 0.3) is 0 Å². The largest absolute Gasteiger partial charge is 0.445 e. The molecular weight excluding hydrogens is 278 g/mol. The van der Waals surface area contributed by atoms with E-state index >= 15 is 0 Å². The average molecular weight is 295 g/mol. The van der Waals surface area contributed by atoms with E-state index in [1.54, 1.807) is 6.20 Å². The summed E-state index contributed by atoms with van der Waals surface area (Å²) >= 11 is 0. The van der Waals surface area contributed by atoms with Crippen molar-refractivity contribution in [3.8, 4) is 11.8 Å². The van der Waals surface area contributed by atoms with Crippen LogP contribution in [0.1, 0.15) is 16.7 Å². The van der Waals surface area contributed by atoms with Crippen LogP contribution >= 0.6 is 0 Å². The van der Waals surface area contributed by atoms with Crippen molar-refractivity contribution in [2.45, 2.75) is 13.5 Å². The number of aryl methyl sites for hydroxylation is 1. The summed E-state index contributed by atoms with van der Waals surface area (Å²) in [6, 6.07) is 11.3. The number of carbonyl (C=O) groups excluding carboxylic acids is 1. The maximum Gasteiger partial charge on any atom is 0.408 e. The summed E-state index contributed by atoms with van der Waals surface area (Å²) in [7, 11) is 0. The zero-order valence-corrected chi connectivity index (χ0v) is 12.3. The highest BCUT2D eigenvalue weighted by Crippen LogP contribution is 2.07. The van der Waals surface area contributed by atoms with Gasteiger partial charge < -0.3 is 15.8 Å². The Kier molecular flexibility index (Phi) is 5.38. The molecule has 0 radical (unpaired) electrons. The molecule has 0 bridgehead atoms. The topological polar surface area (TPSA) is 77.2 Å². The van der Waals surface area contributed by atoms with E-state index in [1.807, 2.05) is 43.3 Å². The molecule has 0 fully saturated rings. The van der Waals surface area contributed by atoms with Crippen LogP contribution < -0.4 is 11.1 Å². The molecule has 1 heterocycles. The van der Waals surface area contributed by atoms with Crippen molar-refractivity contribution in [2.24, 2.45) is 0 Å². The molecule has 3 N–H and O–H groups in total.